The summed E-state index contributed by atoms with van der Waals surface area (Å²) in [6.07, 6.45) is -5.82. The molecule has 0 aliphatic carbocycles. The van der Waals surface area contributed by atoms with E-state index in [1.165, 1.54) is 0 Å². The lowest BCUT2D eigenvalue weighted by atomic mass is 10.5. The first-order valence-corrected chi connectivity index (χ1v) is 1.56. The molecule has 8 heavy (non-hydrogen) atoms. The molecule has 0 atom stereocenters. The van der Waals surface area contributed by atoms with Crippen LogP contribution in [-0.4, -0.2) is 12.5 Å². The Labute approximate surface area is 50.3 Å². The van der Waals surface area contributed by atoms with Crippen LogP contribution in [0.3, 0.4) is 0 Å². The quantitative estimate of drug-likeness (QED) is 0.516. The number of alkyl halides is 3. The summed E-state index contributed by atoms with van der Waals surface area (Å²) in [6.45, 7) is 0. The molecule has 0 aromatic rings. The summed E-state index contributed by atoms with van der Waals surface area (Å²) in [4.78, 5) is 9.10. The second-order valence-corrected chi connectivity index (χ2v) is 0.986. The smallest absolute Gasteiger partial charge is 0.303 e. The third kappa shape index (κ3) is 9.23. The standard InChI is InChI=1S/C3H3F3O.ClH/c4-3(5,6)1-2-7;/h2H,1H2;1H. The topological polar surface area (TPSA) is 17.1 Å². The fourth-order valence-corrected chi connectivity index (χ4v) is 0.0945. The van der Waals surface area contributed by atoms with E-state index in [4.69, 9.17) is 4.79 Å². The first-order valence-electron chi connectivity index (χ1n) is 1.56. The van der Waals surface area contributed by atoms with Gasteiger partial charge in [-0.05, 0) is 0 Å². The van der Waals surface area contributed by atoms with Crippen molar-refractivity contribution in [1.29, 1.82) is 0 Å². The predicted octanol–water partition coefficient (Wildman–Crippen LogP) is 1.56. The van der Waals surface area contributed by atoms with Crippen molar-refractivity contribution in [2.24, 2.45) is 0 Å². The van der Waals surface area contributed by atoms with Gasteiger partial charge in [0.1, 0.15) is 6.29 Å². The van der Waals surface area contributed by atoms with Gasteiger partial charge in [0.05, 0.1) is 6.42 Å². The lowest BCUT2D eigenvalue weighted by molar-refractivity contribution is -0.144. The van der Waals surface area contributed by atoms with Crippen LogP contribution in [0, 0.1) is 0 Å². The van der Waals surface area contributed by atoms with Gasteiger partial charge < -0.3 is 4.79 Å². The maximum Gasteiger partial charge on any atom is 0.395 e. The lowest BCUT2D eigenvalue weighted by Gasteiger charge is -1.95. The monoisotopic (exact) mass is 148 g/mol. The average molecular weight is 149 g/mol. The van der Waals surface area contributed by atoms with Crippen molar-refractivity contribution in [3.63, 3.8) is 0 Å². The first kappa shape index (κ1) is 10.7. The third-order valence-corrected chi connectivity index (χ3v) is 0.315. The Morgan fingerprint density at radius 3 is 1.75 bits per heavy atom. The zero-order chi connectivity index (χ0) is 5.91. The van der Waals surface area contributed by atoms with E-state index in [-0.39, 0.29) is 18.7 Å². The molecule has 0 saturated heterocycles. The van der Waals surface area contributed by atoms with Crippen LogP contribution >= 0.6 is 12.4 Å². The third-order valence-electron chi connectivity index (χ3n) is 0.315. The number of hydrogen-bond donors (Lipinski definition) is 0. The summed E-state index contributed by atoms with van der Waals surface area (Å²) in [5, 5.41) is 0. The summed E-state index contributed by atoms with van der Waals surface area (Å²) in [5.41, 5.74) is 0. The van der Waals surface area contributed by atoms with E-state index >= 15 is 0 Å². The molecule has 0 aliphatic rings. The molecule has 0 fully saturated rings. The van der Waals surface area contributed by atoms with Crippen LogP contribution in [0.5, 0.6) is 0 Å². The van der Waals surface area contributed by atoms with E-state index in [2.05, 4.69) is 0 Å². The lowest BCUT2D eigenvalue weighted by Crippen LogP contribution is -2.06. The number of carbonyl (C=O) groups excluding carboxylic acids is 1. The van der Waals surface area contributed by atoms with Crippen molar-refractivity contribution in [1.82, 2.24) is 0 Å². The van der Waals surface area contributed by atoms with E-state index < -0.39 is 12.6 Å². The Morgan fingerprint density at radius 1 is 1.38 bits per heavy atom. The minimum absolute atomic E-state index is 0. The van der Waals surface area contributed by atoms with Crippen LogP contribution in [0.25, 0.3) is 0 Å². The number of aldehydes is 1. The molecule has 5 heteroatoms. The fraction of sp³-hybridized carbons (Fsp3) is 0.667. The second kappa shape index (κ2) is 3.72. The molecule has 0 radical (unpaired) electrons. The van der Waals surface area contributed by atoms with E-state index in [0.717, 1.165) is 0 Å². The Hall–Kier alpha value is -0.250. The number of halogens is 4. The van der Waals surface area contributed by atoms with Gasteiger partial charge in [0, 0.05) is 0 Å². The molecule has 0 saturated carbocycles. The van der Waals surface area contributed by atoms with E-state index in [0.29, 0.717) is 0 Å². The highest BCUT2D eigenvalue weighted by Gasteiger charge is 2.25. The van der Waals surface area contributed by atoms with Gasteiger partial charge in [0.15, 0.2) is 0 Å². The second-order valence-electron chi connectivity index (χ2n) is 0.986. The molecule has 0 aromatic heterocycles. The van der Waals surface area contributed by atoms with Crippen molar-refractivity contribution in [2.45, 2.75) is 12.6 Å². The highest BCUT2D eigenvalue weighted by atomic mass is 35.5. The highest BCUT2D eigenvalue weighted by Crippen LogP contribution is 2.16. The fourth-order valence-electron chi connectivity index (χ4n) is 0.0945. The molecule has 1 nitrogen and oxygen atoms in total. The maximum atomic E-state index is 10.8. The van der Waals surface area contributed by atoms with Gasteiger partial charge in [-0.15, -0.1) is 12.4 Å². The van der Waals surface area contributed by atoms with Gasteiger partial charge in [-0.1, -0.05) is 0 Å². The first-order chi connectivity index (χ1) is 3.06. The minimum Gasteiger partial charge on any atom is -0.303 e. The van der Waals surface area contributed by atoms with Gasteiger partial charge >= 0.3 is 6.18 Å². The molecule has 0 aliphatic heterocycles. The average Bonchev–Trinajstić information content (AvgIpc) is 1.30. The number of rotatable bonds is 1. The van der Waals surface area contributed by atoms with E-state index in [9.17, 15) is 13.2 Å². The van der Waals surface area contributed by atoms with E-state index in [1.807, 2.05) is 0 Å². The van der Waals surface area contributed by atoms with E-state index in [1.54, 1.807) is 0 Å². The van der Waals surface area contributed by atoms with Gasteiger partial charge in [0.2, 0.25) is 0 Å². The van der Waals surface area contributed by atoms with Gasteiger partial charge in [-0.2, -0.15) is 13.2 Å². The predicted molar refractivity (Wildman–Crippen MR) is 24.0 cm³/mol. The molecular weight excluding hydrogens is 144 g/mol. The Morgan fingerprint density at radius 2 is 1.75 bits per heavy atom. The Balaban J connectivity index is 0. The van der Waals surface area contributed by atoms with Gasteiger partial charge in [-0.25, -0.2) is 0 Å². The van der Waals surface area contributed by atoms with Gasteiger partial charge in [-0.3, -0.25) is 0 Å². The van der Waals surface area contributed by atoms with Crippen molar-refractivity contribution in [3.05, 3.63) is 0 Å². The van der Waals surface area contributed by atoms with Crippen molar-refractivity contribution in [3.8, 4) is 0 Å². The molecule has 0 unspecified atom stereocenters. The zero-order valence-corrected chi connectivity index (χ0v) is 4.55. The molecule has 0 amide bonds. The molecule has 0 heterocycles. The molecule has 0 bridgehead atoms. The van der Waals surface area contributed by atoms with Crippen LogP contribution in [0.2, 0.25) is 0 Å². The van der Waals surface area contributed by atoms with Crippen molar-refractivity contribution >= 4 is 18.7 Å². The Kier molecular flexibility index (Phi) is 4.96. The SMILES string of the molecule is Cl.O=CCC(F)(F)F. The Bertz CT molecular complexity index is 69.4. The molecule has 0 aromatic carbocycles. The normalized spacial score (nSPS) is 9.88. The van der Waals surface area contributed by atoms with Crippen LogP contribution < -0.4 is 0 Å². The van der Waals surface area contributed by atoms with Crippen molar-refractivity contribution < 1.29 is 18.0 Å². The minimum atomic E-state index is -4.32. The zero-order valence-electron chi connectivity index (χ0n) is 3.73. The molecule has 0 spiro atoms. The molecule has 50 valence electrons. The van der Waals surface area contributed by atoms with Gasteiger partial charge in [0.25, 0.3) is 0 Å². The highest BCUT2D eigenvalue weighted by molar-refractivity contribution is 5.85. The maximum absolute atomic E-state index is 10.8. The summed E-state index contributed by atoms with van der Waals surface area (Å²) in [6, 6.07) is 0. The number of carbonyl (C=O) groups is 1. The van der Waals surface area contributed by atoms with Crippen LogP contribution in [0.15, 0.2) is 0 Å². The van der Waals surface area contributed by atoms with Crippen LogP contribution in [0.4, 0.5) is 13.2 Å². The summed E-state index contributed by atoms with van der Waals surface area (Å²) in [7, 11) is 0. The summed E-state index contributed by atoms with van der Waals surface area (Å²) < 4.78 is 32.5. The molecule has 0 rings (SSSR count). The summed E-state index contributed by atoms with van der Waals surface area (Å²) >= 11 is 0. The van der Waals surface area contributed by atoms with Crippen molar-refractivity contribution in [2.75, 3.05) is 0 Å². The largest absolute Gasteiger partial charge is 0.395 e. The number of hydrogen-bond acceptors (Lipinski definition) is 1. The molecular formula is C3H4ClF3O. The molecule has 0 N–H and O–H groups in total. The summed E-state index contributed by atoms with van der Waals surface area (Å²) in [5.74, 6) is 0. The van der Waals surface area contributed by atoms with Crippen LogP contribution in [-0.2, 0) is 4.79 Å². The van der Waals surface area contributed by atoms with Crippen LogP contribution in [0.1, 0.15) is 6.42 Å².